The molecule has 6 nitrogen and oxygen atoms in total. The fraction of sp³-hybridized carbons (Fsp3) is 0.917. The van der Waals surface area contributed by atoms with E-state index in [-0.39, 0.29) is 42.1 Å². The average Bonchev–Trinajstić information content (AvgIpc) is 2.67. The van der Waals surface area contributed by atoms with Gasteiger partial charge in [-0.2, -0.15) is 0 Å². The smallest absolute Gasteiger partial charge is 0.224 e. The molecule has 108 valence electrons. The highest BCUT2D eigenvalue weighted by atomic mass is 32.2. The summed E-state index contributed by atoms with van der Waals surface area (Å²) in [5, 5.41) is 3.12. The molecule has 3 aliphatic rings. The third-order valence-electron chi connectivity index (χ3n) is 4.12. The molecular formula is C12H20N2O4S. The molecule has 0 saturated carbocycles. The van der Waals surface area contributed by atoms with E-state index < -0.39 is 9.84 Å². The number of nitrogens with one attached hydrogen (secondary N) is 1. The number of carbonyl (C=O) groups is 1. The minimum absolute atomic E-state index is 0.0507. The van der Waals surface area contributed by atoms with Crippen molar-refractivity contribution in [1.29, 1.82) is 0 Å². The van der Waals surface area contributed by atoms with E-state index in [0.717, 1.165) is 12.8 Å². The van der Waals surface area contributed by atoms with Crippen LogP contribution in [0.5, 0.6) is 0 Å². The van der Waals surface area contributed by atoms with Gasteiger partial charge in [0.25, 0.3) is 0 Å². The number of amides is 1. The fourth-order valence-corrected chi connectivity index (χ4v) is 4.60. The number of rotatable bonds is 2. The number of hydrogen-bond donors (Lipinski definition) is 1. The number of ether oxygens (including phenoxy) is 1. The summed E-state index contributed by atoms with van der Waals surface area (Å²) in [5.41, 5.74) is 0. The molecule has 1 amide bonds. The van der Waals surface area contributed by atoms with Crippen molar-refractivity contribution in [2.75, 3.05) is 31.1 Å². The van der Waals surface area contributed by atoms with Crippen molar-refractivity contribution in [2.24, 2.45) is 0 Å². The number of carbonyl (C=O) groups excluding carboxylic acids is 1. The quantitative estimate of drug-likeness (QED) is 0.716. The highest BCUT2D eigenvalue weighted by molar-refractivity contribution is 7.91. The van der Waals surface area contributed by atoms with Gasteiger partial charge in [0.15, 0.2) is 9.84 Å². The molecule has 3 aliphatic heterocycles. The largest absolute Gasteiger partial charge is 0.371 e. The SMILES string of the molecule is O=C(CC1CS(=O)(=O)CCN1)N1CC2CCC(C1)O2. The summed E-state index contributed by atoms with van der Waals surface area (Å²) in [7, 11) is -2.98. The van der Waals surface area contributed by atoms with Gasteiger partial charge in [0, 0.05) is 32.1 Å². The van der Waals surface area contributed by atoms with Crippen LogP contribution in [0.1, 0.15) is 19.3 Å². The first-order chi connectivity index (χ1) is 9.02. The lowest BCUT2D eigenvalue weighted by molar-refractivity contribution is -0.140. The molecule has 2 bridgehead atoms. The van der Waals surface area contributed by atoms with E-state index >= 15 is 0 Å². The second-order valence-electron chi connectivity index (χ2n) is 5.73. The predicted molar refractivity (Wildman–Crippen MR) is 69.5 cm³/mol. The second-order valence-corrected chi connectivity index (χ2v) is 7.95. The van der Waals surface area contributed by atoms with Crippen molar-refractivity contribution in [1.82, 2.24) is 10.2 Å². The Hall–Kier alpha value is -0.660. The molecule has 0 aromatic carbocycles. The topological polar surface area (TPSA) is 75.7 Å². The van der Waals surface area contributed by atoms with Crippen LogP contribution in [0, 0.1) is 0 Å². The molecule has 3 unspecified atom stereocenters. The van der Waals surface area contributed by atoms with E-state index in [9.17, 15) is 13.2 Å². The number of fused-ring (bicyclic) bond motifs is 2. The van der Waals surface area contributed by atoms with Crippen molar-refractivity contribution < 1.29 is 17.9 Å². The third-order valence-corrected chi connectivity index (χ3v) is 5.85. The van der Waals surface area contributed by atoms with Crippen molar-refractivity contribution in [2.45, 2.75) is 37.5 Å². The van der Waals surface area contributed by atoms with E-state index in [2.05, 4.69) is 5.32 Å². The van der Waals surface area contributed by atoms with Crippen LogP contribution in [0.25, 0.3) is 0 Å². The van der Waals surface area contributed by atoms with E-state index in [0.29, 0.717) is 19.6 Å². The Labute approximate surface area is 113 Å². The van der Waals surface area contributed by atoms with Gasteiger partial charge in [0.05, 0.1) is 23.7 Å². The summed E-state index contributed by atoms with van der Waals surface area (Å²) in [6, 6.07) is -0.230. The molecule has 3 saturated heterocycles. The molecule has 3 atom stereocenters. The lowest BCUT2D eigenvalue weighted by atomic mass is 10.2. The summed E-state index contributed by atoms with van der Waals surface area (Å²) in [6.07, 6.45) is 2.71. The second kappa shape index (κ2) is 5.03. The van der Waals surface area contributed by atoms with Gasteiger partial charge in [-0.1, -0.05) is 0 Å². The molecule has 3 fully saturated rings. The van der Waals surface area contributed by atoms with Gasteiger partial charge in [-0.3, -0.25) is 4.79 Å². The maximum atomic E-state index is 12.2. The number of likely N-dealkylation sites (tertiary alicyclic amines) is 1. The first-order valence-corrected chi connectivity index (χ1v) is 8.71. The lowest BCUT2D eigenvalue weighted by Crippen LogP contribution is -2.51. The lowest BCUT2D eigenvalue weighted by Gasteiger charge is -2.33. The van der Waals surface area contributed by atoms with E-state index in [4.69, 9.17) is 4.74 Å². The summed E-state index contributed by atoms with van der Waals surface area (Å²) in [4.78, 5) is 14.1. The van der Waals surface area contributed by atoms with E-state index in [1.54, 1.807) is 0 Å². The maximum Gasteiger partial charge on any atom is 0.224 e. The average molecular weight is 288 g/mol. The van der Waals surface area contributed by atoms with Crippen LogP contribution in [0.4, 0.5) is 0 Å². The van der Waals surface area contributed by atoms with Gasteiger partial charge in [-0.05, 0) is 12.8 Å². The molecule has 7 heteroatoms. The summed E-state index contributed by atoms with van der Waals surface area (Å²) < 4.78 is 28.8. The van der Waals surface area contributed by atoms with Gasteiger partial charge in [-0.15, -0.1) is 0 Å². The normalized spacial score (nSPS) is 37.3. The Morgan fingerprint density at radius 1 is 1.26 bits per heavy atom. The highest BCUT2D eigenvalue weighted by Crippen LogP contribution is 2.26. The van der Waals surface area contributed by atoms with Crippen molar-refractivity contribution >= 4 is 15.7 Å². The van der Waals surface area contributed by atoms with Gasteiger partial charge in [0.2, 0.25) is 5.91 Å². The minimum Gasteiger partial charge on any atom is -0.371 e. The summed E-state index contributed by atoms with van der Waals surface area (Å²) in [6.45, 7) is 1.78. The first kappa shape index (κ1) is 13.3. The van der Waals surface area contributed by atoms with Gasteiger partial charge < -0.3 is 15.0 Å². The number of morpholine rings is 1. The third kappa shape index (κ3) is 3.09. The standard InChI is InChI=1S/C12H20N2O4S/c15-12(5-9-8-19(16,17)4-3-13-9)14-6-10-1-2-11(7-14)18-10/h9-11,13H,1-8H2. The molecule has 0 spiro atoms. The summed E-state index contributed by atoms with van der Waals surface area (Å²) >= 11 is 0. The van der Waals surface area contributed by atoms with Crippen LogP contribution >= 0.6 is 0 Å². The molecule has 3 rings (SSSR count). The van der Waals surface area contributed by atoms with Crippen LogP contribution in [0.15, 0.2) is 0 Å². The van der Waals surface area contributed by atoms with Crippen LogP contribution in [0.2, 0.25) is 0 Å². The fourth-order valence-electron chi connectivity index (χ4n) is 3.16. The molecule has 0 aliphatic carbocycles. The molecule has 19 heavy (non-hydrogen) atoms. The van der Waals surface area contributed by atoms with E-state index in [1.807, 2.05) is 4.90 Å². The molecule has 0 radical (unpaired) electrons. The Balaban J connectivity index is 1.56. The molecule has 0 aromatic heterocycles. The Morgan fingerprint density at radius 2 is 1.95 bits per heavy atom. The van der Waals surface area contributed by atoms with Crippen LogP contribution in [-0.2, 0) is 19.4 Å². The van der Waals surface area contributed by atoms with Gasteiger partial charge in [-0.25, -0.2) is 8.42 Å². The van der Waals surface area contributed by atoms with Crippen molar-refractivity contribution in [3.05, 3.63) is 0 Å². The van der Waals surface area contributed by atoms with Gasteiger partial charge >= 0.3 is 0 Å². The van der Waals surface area contributed by atoms with Crippen molar-refractivity contribution in [3.8, 4) is 0 Å². The monoisotopic (exact) mass is 288 g/mol. The Morgan fingerprint density at radius 3 is 2.58 bits per heavy atom. The molecular weight excluding hydrogens is 268 g/mol. The van der Waals surface area contributed by atoms with Crippen LogP contribution in [-0.4, -0.2) is 68.6 Å². The van der Waals surface area contributed by atoms with Crippen LogP contribution < -0.4 is 5.32 Å². The zero-order valence-corrected chi connectivity index (χ0v) is 11.7. The predicted octanol–water partition coefficient (Wildman–Crippen LogP) is -0.847. The summed E-state index contributed by atoms with van der Waals surface area (Å²) in [5.74, 6) is 0.310. The van der Waals surface area contributed by atoms with Gasteiger partial charge in [0.1, 0.15) is 0 Å². The number of hydrogen-bond acceptors (Lipinski definition) is 5. The maximum absolute atomic E-state index is 12.2. The molecule has 0 aromatic rings. The first-order valence-electron chi connectivity index (χ1n) is 6.89. The number of nitrogens with zero attached hydrogens (tertiary/aromatic N) is 1. The molecule has 1 N–H and O–H groups in total. The minimum atomic E-state index is -2.98. The Bertz CT molecular complexity index is 452. The number of sulfone groups is 1. The zero-order chi connectivity index (χ0) is 13.5. The highest BCUT2D eigenvalue weighted by Gasteiger charge is 2.36. The van der Waals surface area contributed by atoms with Crippen LogP contribution in [0.3, 0.4) is 0 Å². The molecule has 3 heterocycles. The Kier molecular flexibility index (Phi) is 3.53. The zero-order valence-electron chi connectivity index (χ0n) is 10.9. The van der Waals surface area contributed by atoms with Crippen molar-refractivity contribution in [3.63, 3.8) is 0 Å². The van der Waals surface area contributed by atoms with E-state index in [1.165, 1.54) is 0 Å².